The zero-order chi connectivity index (χ0) is 13.8. The molecule has 4 nitrogen and oxygen atoms in total. The topological polar surface area (TPSA) is 42.4 Å². The lowest BCUT2D eigenvalue weighted by Crippen LogP contribution is -2.28. The molecule has 1 amide bonds. The summed E-state index contributed by atoms with van der Waals surface area (Å²) in [4.78, 5) is 18.3. The van der Waals surface area contributed by atoms with Gasteiger partial charge < -0.3 is 9.64 Å². The Labute approximate surface area is 114 Å². The van der Waals surface area contributed by atoms with Crippen molar-refractivity contribution in [3.8, 4) is 0 Å². The molecule has 1 unspecified atom stereocenters. The molecule has 0 spiro atoms. The maximum Gasteiger partial charge on any atom is 0.223 e. The van der Waals surface area contributed by atoms with Crippen LogP contribution in [0.5, 0.6) is 0 Å². The van der Waals surface area contributed by atoms with Gasteiger partial charge >= 0.3 is 0 Å². The Morgan fingerprint density at radius 2 is 2.26 bits per heavy atom. The summed E-state index contributed by atoms with van der Waals surface area (Å²) in [5.41, 5.74) is 3.14. The number of aryl methyl sites for hydroxylation is 2. The van der Waals surface area contributed by atoms with E-state index < -0.39 is 0 Å². The molecular weight excluding hydrogens is 240 g/mol. The number of amides is 1. The molecular formula is C15H22N2O2. The van der Waals surface area contributed by atoms with Crippen molar-refractivity contribution < 1.29 is 9.53 Å². The van der Waals surface area contributed by atoms with Gasteiger partial charge in [0.2, 0.25) is 5.91 Å². The van der Waals surface area contributed by atoms with E-state index in [9.17, 15) is 4.79 Å². The first-order chi connectivity index (χ1) is 9.04. The van der Waals surface area contributed by atoms with Crippen LogP contribution in [0, 0.1) is 19.8 Å². The van der Waals surface area contributed by atoms with E-state index in [-0.39, 0.29) is 5.91 Å². The van der Waals surface area contributed by atoms with Crippen LogP contribution in [0.1, 0.15) is 29.8 Å². The minimum absolute atomic E-state index is 0.177. The lowest BCUT2D eigenvalue weighted by molar-refractivity contribution is -0.131. The molecule has 1 aromatic rings. The van der Waals surface area contributed by atoms with Gasteiger partial charge in [-0.3, -0.25) is 9.78 Å². The van der Waals surface area contributed by atoms with Crippen LogP contribution < -0.4 is 0 Å². The molecule has 1 aromatic heterocycles. The van der Waals surface area contributed by atoms with Gasteiger partial charge in [0.15, 0.2) is 0 Å². The van der Waals surface area contributed by atoms with Crippen molar-refractivity contribution in [3.05, 3.63) is 29.1 Å². The van der Waals surface area contributed by atoms with Crippen molar-refractivity contribution in [1.82, 2.24) is 9.88 Å². The van der Waals surface area contributed by atoms with Gasteiger partial charge in [-0.15, -0.1) is 0 Å². The first kappa shape index (κ1) is 14.0. The van der Waals surface area contributed by atoms with Gasteiger partial charge in [0.25, 0.3) is 0 Å². The van der Waals surface area contributed by atoms with Crippen LogP contribution >= 0.6 is 0 Å². The highest BCUT2D eigenvalue weighted by atomic mass is 16.5. The van der Waals surface area contributed by atoms with Crippen LogP contribution in [-0.4, -0.2) is 36.1 Å². The van der Waals surface area contributed by atoms with E-state index in [1.807, 2.05) is 26.1 Å². The van der Waals surface area contributed by atoms with Gasteiger partial charge in [0.1, 0.15) is 0 Å². The Kier molecular flexibility index (Phi) is 4.53. The molecule has 0 radical (unpaired) electrons. The average molecular weight is 262 g/mol. The van der Waals surface area contributed by atoms with Crippen molar-refractivity contribution in [2.45, 2.75) is 33.2 Å². The zero-order valence-corrected chi connectivity index (χ0v) is 12.0. The minimum Gasteiger partial charge on any atom is -0.381 e. The van der Waals surface area contributed by atoms with E-state index in [0.29, 0.717) is 18.9 Å². The van der Waals surface area contributed by atoms with E-state index in [1.54, 1.807) is 4.90 Å². The molecule has 104 valence electrons. The number of ether oxygens (including phenoxy) is 1. The van der Waals surface area contributed by atoms with E-state index in [4.69, 9.17) is 4.74 Å². The number of hydrogen-bond donors (Lipinski definition) is 0. The van der Waals surface area contributed by atoms with Crippen LogP contribution in [0.25, 0.3) is 0 Å². The molecule has 1 fully saturated rings. The fraction of sp³-hybridized carbons (Fsp3) is 0.600. The van der Waals surface area contributed by atoms with E-state index in [1.165, 1.54) is 5.56 Å². The fourth-order valence-corrected chi connectivity index (χ4v) is 2.48. The number of aromatic nitrogens is 1. The Morgan fingerprint density at radius 3 is 2.89 bits per heavy atom. The van der Waals surface area contributed by atoms with Gasteiger partial charge in [-0.2, -0.15) is 0 Å². The highest BCUT2D eigenvalue weighted by molar-refractivity contribution is 5.76. The summed E-state index contributed by atoms with van der Waals surface area (Å²) in [5.74, 6) is 0.568. The molecule has 1 aliphatic heterocycles. The number of nitrogens with zero attached hydrogens (tertiary/aromatic N) is 2. The summed E-state index contributed by atoms with van der Waals surface area (Å²) in [6.07, 6.45) is 1.59. The van der Waals surface area contributed by atoms with Crippen molar-refractivity contribution in [1.29, 1.82) is 0 Å². The standard InChI is InChI=1S/C15H22N2O2/c1-11-6-12(2)16-14(7-11)9-17(3)15(18)8-13-4-5-19-10-13/h6-7,13H,4-5,8-10H2,1-3H3. The highest BCUT2D eigenvalue weighted by Gasteiger charge is 2.21. The van der Waals surface area contributed by atoms with Crippen LogP contribution in [0.15, 0.2) is 12.1 Å². The molecule has 0 aliphatic carbocycles. The van der Waals surface area contributed by atoms with Crippen LogP contribution in [0.2, 0.25) is 0 Å². The minimum atomic E-state index is 0.177. The second-order valence-corrected chi connectivity index (χ2v) is 5.46. The summed E-state index contributed by atoms with van der Waals surface area (Å²) >= 11 is 0. The van der Waals surface area contributed by atoms with Crippen molar-refractivity contribution in [2.75, 3.05) is 20.3 Å². The molecule has 1 atom stereocenters. The van der Waals surface area contributed by atoms with Crippen molar-refractivity contribution >= 4 is 5.91 Å². The number of carbonyl (C=O) groups is 1. The van der Waals surface area contributed by atoms with E-state index >= 15 is 0 Å². The summed E-state index contributed by atoms with van der Waals surface area (Å²) in [7, 11) is 1.84. The number of rotatable bonds is 4. The molecule has 2 rings (SSSR count). The summed E-state index contributed by atoms with van der Waals surface area (Å²) in [6, 6.07) is 4.08. The molecule has 0 bridgehead atoms. The number of hydrogen-bond acceptors (Lipinski definition) is 3. The Morgan fingerprint density at radius 1 is 1.47 bits per heavy atom. The van der Waals surface area contributed by atoms with E-state index in [0.717, 1.165) is 31.0 Å². The SMILES string of the molecule is Cc1cc(C)nc(CN(C)C(=O)CC2CCOC2)c1. The van der Waals surface area contributed by atoms with Gasteiger partial charge in [-0.1, -0.05) is 0 Å². The first-order valence-corrected chi connectivity index (χ1v) is 6.80. The molecule has 0 N–H and O–H groups in total. The van der Waals surface area contributed by atoms with Crippen LogP contribution in [-0.2, 0) is 16.1 Å². The molecule has 4 heteroatoms. The second kappa shape index (κ2) is 6.15. The van der Waals surface area contributed by atoms with Crippen LogP contribution in [0.4, 0.5) is 0 Å². The zero-order valence-electron chi connectivity index (χ0n) is 12.0. The second-order valence-electron chi connectivity index (χ2n) is 5.46. The predicted octanol–water partition coefficient (Wildman–Crippen LogP) is 2.08. The smallest absolute Gasteiger partial charge is 0.223 e. The number of pyridine rings is 1. The maximum absolute atomic E-state index is 12.1. The van der Waals surface area contributed by atoms with E-state index in [2.05, 4.69) is 11.9 Å². The summed E-state index contributed by atoms with van der Waals surface area (Å²) < 4.78 is 5.30. The maximum atomic E-state index is 12.1. The third-order valence-electron chi connectivity index (χ3n) is 3.46. The lowest BCUT2D eigenvalue weighted by Gasteiger charge is -2.19. The third kappa shape index (κ3) is 4.03. The molecule has 1 saturated heterocycles. The van der Waals surface area contributed by atoms with Gasteiger partial charge in [0, 0.05) is 32.4 Å². The Bertz CT molecular complexity index is 433. The fourth-order valence-electron chi connectivity index (χ4n) is 2.48. The van der Waals surface area contributed by atoms with Gasteiger partial charge in [-0.05, 0) is 43.9 Å². The van der Waals surface area contributed by atoms with Gasteiger partial charge in [0.05, 0.1) is 12.2 Å². The van der Waals surface area contributed by atoms with Crippen LogP contribution in [0.3, 0.4) is 0 Å². The van der Waals surface area contributed by atoms with Crippen molar-refractivity contribution in [2.24, 2.45) is 5.92 Å². The Balaban J connectivity index is 1.91. The van der Waals surface area contributed by atoms with Crippen molar-refractivity contribution in [3.63, 3.8) is 0 Å². The quantitative estimate of drug-likeness (QED) is 0.834. The highest BCUT2D eigenvalue weighted by Crippen LogP contribution is 2.17. The lowest BCUT2D eigenvalue weighted by atomic mass is 10.0. The Hall–Kier alpha value is -1.42. The summed E-state index contributed by atoms with van der Waals surface area (Å²) in [6.45, 7) is 6.13. The van der Waals surface area contributed by atoms with Gasteiger partial charge in [-0.25, -0.2) is 0 Å². The number of carbonyl (C=O) groups excluding carboxylic acids is 1. The third-order valence-corrected chi connectivity index (χ3v) is 3.46. The average Bonchev–Trinajstić information content (AvgIpc) is 2.80. The first-order valence-electron chi connectivity index (χ1n) is 6.80. The normalized spacial score (nSPS) is 18.6. The predicted molar refractivity (Wildman–Crippen MR) is 73.7 cm³/mol. The summed E-state index contributed by atoms with van der Waals surface area (Å²) in [5, 5.41) is 0. The molecule has 19 heavy (non-hydrogen) atoms. The molecule has 0 aromatic carbocycles. The molecule has 1 aliphatic rings. The monoisotopic (exact) mass is 262 g/mol. The molecule has 0 saturated carbocycles. The largest absolute Gasteiger partial charge is 0.381 e. The molecule has 2 heterocycles.